The van der Waals surface area contributed by atoms with Crippen LogP contribution in [0.5, 0.6) is 0 Å². The quantitative estimate of drug-likeness (QED) is 0.514. The zero-order valence-electron chi connectivity index (χ0n) is 8.55. The van der Waals surface area contributed by atoms with Gasteiger partial charge in [-0.25, -0.2) is 0 Å². The molecule has 13 heavy (non-hydrogen) atoms. The third kappa shape index (κ3) is 3.80. The highest BCUT2D eigenvalue weighted by Crippen LogP contribution is 2.05. The van der Waals surface area contributed by atoms with Gasteiger partial charge in [0.25, 0.3) is 0 Å². The highest BCUT2D eigenvalue weighted by Gasteiger charge is 2.16. The lowest BCUT2D eigenvalue weighted by molar-refractivity contribution is 0.171. The number of terminal acetylenes is 1. The predicted molar refractivity (Wildman–Crippen MR) is 56.6 cm³/mol. The van der Waals surface area contributed by atoms with Crippen LogP contribution in [0.15, 0.2) is 0 Å². The third-order valence-electron chi connectivity index (χ3n) is 2.66. The van der Waals surface area contributed by atoms with Crippen LogP contribution in [0, 0.1) is 12.3 Å². The molecule has 1 rings (SSSR count). The van der Waals surface area contributed by atoms with Gasteiger partial charge in [-0.15, -0.1) is 12.3 Å². The van der Waals surface area contributed by atoms with Crippen molar-refractivity contribution in [3.05, 3.63) is 0 Å². The fraction of sp³-hybridized carbons (Fsp3) is 0.818. The maximum Gasteiger partial charge on any atom is 0.0192 e. The van der Waals surface area contributed by atoms with Crippen molar-refractivity contribution in [3.8, 4) is 12.3 Å². The fourth-order valence-corrected chi connectivity index (χ4v) is 1.76. The lowest BCUT2D eigenvalue weighted by Gasteiger charge is -2.33. The number of hydrogen-bond acceptors (Lipinski definition) is 2. The van der Waals surface area contributed by atoms with E-state index in [4.69, 9.17) is 6.42 Å². The van der Waals surface area contributed by atoms with Gasteiger partial charge in [0.1, 0.15) is 0 Å². The average molecular weight is 180 g/mol. The van der Waals surface area contributed by atoms with Crippen LogP contribution in [0.1, 0.15) is 26.2 Å². The Bertz CT molecular complexity index is 171. The van der Waals surface area contributed by atoms with Gasteiger partial charge < -0.3 is 5.32 Å². The molecule has 0 aliphatic carbocycles. The van der Waals surface area contributed by atoms with Crippen LogP contribution >= 0.6 is 0 Å². The summed E-state index contributed by atoms with van der Waals surface area (Å²) in [6.45, 7) is 6.96. The topological polar surface area (TPSA) is 15.3 Å². The molecule has 74 valence electrons. The van der Waals surface area contributed by atoms with Gasteiger partial charge in [-0.2, -0.15) is 0 Å². The predicted octanol–water partition coefficient (Wildman–Crippen LogP) is 1.08. The molecule has 0 radical (unpaired) electrons. The highest BCUT2D eigenvalue weighted by molar-refractivity contribution is 4.83. The second-order valence-corrected chi connectivity index (χ2v) is 3.75. The Balaban J connectivity index is 2.09. The normalized spacial score (nSPS) is 24.2. The molecule has 1 N–H and O–H groups in total. The molecule has 1 atom stereocenters. The van der Waals surface area contributed by atoms with Gasteiger partial charge in [0, 0.05) is 32.1 Å². The van der Waals surface area contributed by atoms with Crippen molar-refractivity contribution in [2.24, 2.45) is 0 Å². The maximum absolute atomic E-state index is 5.20. The zero-order chi connectivity index (χ0) is 9.52. The second-order valence-electron chi connectivity index (χ2n) is 3.75. The smallest absolute Gasteiger partial charge is 0.0192 e. The zero-order valence-corrected chi connectivity index (χ0v) is 8.55. The van der Waals surface area contributed by atoms with Crippen LogP contribution < -0.4 is 5.32 Å². The van der Waals surface area contributed by atoms with E-state index < -0.39 is 0 Å². The SMILES string of the molecule is C#CCCCCN1CCNCC1C. The van der Waals surface area contributed by atoms with E-state index >= 15 is 0 Å². The van der Waals surface area contributed by atoms with E-state index in [1.54, 1.807) is 0 Å². The van der Waals surface area contributed by atoms with Crippen molar-refractivity contribution in [3.63, 3.8) is 0 Å². The van der Waals surface area contributed by atoms with Gasteiger partial charge in [0.05, 0.1) is 0 Å². The van der Waals surface area contributed by atoms with Crippen LogP contribution in [-0.4, -0.2) is 37.1 Å². The van der Waals surface area contributed by atoms with Crippen LogP contribution in [-0.2, 0) is 0 Å². The lowest BCUT2D eigenvalue weighted by atomic mass is 10.2. The lowest BCUT2D eigenvalue weighted by Crippen LogP contribution is -2.49. The minimum Gasteiger partial charge on any atom is -0.314 e. The Morgan fingerprint density at radius 1 is 1.54 bits per heavy atom. The molecule has 1 saturated heterocycles. The van der Waals surface area contributed by atoms with E-state index in [0.717, 1.165) is 19.5 Å². The van der Waals surface area contributed by atoms with E-state index in [2.05, 4.69) is 23.1 Å². The molecule has 1 aliphatic rings. The molecule has 0 amide bonds. The first-order chi connectivity index (χ1) is 6.34. The number of hydrogen-bond donors (Lipinski definition) is 1. The van der Waals surface area contributed by atoms with Crippen LogP contribution in [0.3, 0.4) is 0 Å². The minimum absolute atomic E-state index is 0.694. The van der Waals surface area contributed by atoms with Crippen molar-refractivity contribution >= 4 is 0 Å². The number of nitrogens with one attached hydrogen (secondary N) is 1. The molecule has 2 nitrogen and oxygen atoms in total. The van der Waals surface area contributed by atoms with Gasteiger partial charge >= 0.3 is 0 Å². The summed E-state index contributed by atoms with van der Waals surface area (Å²) in [5.41, 5.74) is 0. The minimum atomic E-state index is 0.694. The molecule has 0 aromatic carbocycles. The average Bonchev–Trinajstić information content (AvgIpc) is 2.15. The largest absolute Gasteiger partial charge is 0.314 e. The molecule has 0 aromatic rings. The van der Waals surface area contributed by atoms with Crippen LogP contribution in [0.4, 0.5) is 0 Å². The number of piperazine rings is 1. The van der Waals surface area contributed by atoms with E-state index in [1.807, 2.05) is 0 Å². The molecule has 0 saturated carbocycles. The number of rotatable bonds is 4. The molecule has 0 spiro atoms. The number of unbranched alkanes of at least 4 members (excludes halogenated alkanes) is 2. The fourth-order valence-electron chi connectivity index (χ4n) is 1.76. The summed E-state index contributed by atoms with van der Waals surface area (Å²) in [6.07, 6.45) is 8.55. The van der Waals surface area contributed by atoms with Crippen molar-refractivity contribution < 1.29 is 0 Å². The second kappa shape index (κ2) is 6.01. The van der Waals surface area contributed by atoms with Gasteiger partial charge in [0.15, 0.2) is 0 Å². The molecule has 1 aliphatic heterocycles. The summed E-state index contributed by atoms with van der Waals surface area (Å²) in [5, 5.41) is 3.39. The number of nitrogens with zero attached hydrogens (tertiary/aromatic N) is 1. The van der Waals surface area contributed by atoms with Crippen molar-refractivity contribution in [2.45, 2.75) is 32.2 Å². The van der Waals surface area contributed by atoms with Gasteiger partial charge in [-0.3, -0.25) is 4.90 Å². The Labute approximate surface area is 81.7 Å². The molecular formula is C11H20N2. The molecule has 0 bridgehead atoms. The summed E-state index contributed by atoms with van der Waals surface area (Å²) in [7, 11) is 0. The molecule has 1 unspecified atom stereocenters. The molecular weight excluding hydrogens is 160 g/mol. The van der Waals surface area contributed by atoms with Gasteiger partial charge in [0.2, 0.25) is 0 Å². The van der Waals surface area contributed by atoms with E-state index in [1.165, 1.54) is 25.9 Å². The van der Waals surface area contributed by atoms with Crippen LogP contribution in [0.25, 0.3) is 0 Å². The van der Waals surface area contributed by atoms with Crippen molar-refractivity contribution in [1.82, 2.24) is 10.2 Å². The van der Waals surface area contributed by atoms with Gasteiger partial charge in [-0.1, -0.05) is 0 Å². The molecule has 1 heterocycles. The maximum atomic E-state index is 5.20. The summed E-state index contributed by atoms with van der Waals surface area (Å²) < 4.78 is 0. The Morgan fingerprint density at radius 2 is 2.38 bits per heavy atom. The standard InChI is InChI=1S/C11H20N2/c1-3-4-5-6-8-13-9-7-12-10-11(13)2/h1,11-12H,4-10H2,2H3. The Hall–Kier alpha value is -0.520. The monoisotopic (exact) mass is 180 g/mol. The molecule has 2 heteroatoms. The summed E-state index contributed by atoms with van der Waals surface area (Å²) in [5.74, 6) is 2.69. The molecule has 0 aromatic heterocycles. The first-order valence-corrected chi connectivity index (χ1v) is 5.23. The Kier molecular flexibility index (Phi) is 4.88. The third-order valence-corrected chi connectivity index (χ3v) is 2.66. The Morgan fingerprint density at radius 3 is 3.08 bits per heavy atom. The first kappa shape index (κ1) is 10.6. The summed E-state index contributed by atoms with van der Waals surface area (Å²) in [4.78, 5) is 2.55. The summed E-state index contributed by atoms with van der Waals surface area (Å²) >= 11 is 0. The van der Waals surface area contributed by atoms with Crippen molar-refractivity contribution in [2.75, 3.05) is 26.2 Å². The first-order valence-electron chi connectivity index (χ1n) is 5.23. The summed E-state index contributed by atoms with van der Waals surface area (Å²) in [6, 6.07) is 0.694. The van der Waals surface area contributed by atoms with E-state index in [0.29, 0.717) is 6.04 Å². The van der Waals surface area contributed by atoms with E-state index in [-0.39, 0.29) is 0 Å². The highest BCUT2D eigenvalue weighted by atomic mass is 15.2. The van der Waals surface area contributed by atoms with Gasteiger partial charge in [-0.05, 0) is 26.3 Å². The molecule has 1 fully saturated rings. The van der Waals surface area contributed by atoms with E-state index in [9.17, 15) is 0 Å². The van der Waals surface area contributed by atoms with Crippen molar-refractivity contribution in [1.29, 1.82) is 0 Å². The van der Waals surface area contributed by atoms with Crippen LogP contribution in [0.2, 0.25) is 0 Å².